The molecule has 9 heteroatoms. The van der Waals surface area contributed by atoms with Crippen molar-refractivity contribution in [2.75, 3.05) is 26.1 Å². The first-order valence-corrected chi connectivity index (χ1v) is 11.1. The molecule has 0 amide bonds. The lowest BCUT2D eigenvalue weighted by Gasteiger charge is -2.32. The highest BCUT2D eigenvalue weighted by molar-refractivity contribution is 6.04. The first-order chi connectivity index (χ1) is 16.8. The summed E-state index contributed by atoms with van der Waals surface area (Å²) >= 11 is 0. The Morgan fingerprint density at radius 3 is 2.31 bits per heavy atom. The number of para-hydroxylation sites is 1. The number of ether oxygens (including phenoxy) is 3. The molecule has 1 N–H and O–H groups in total. The first kappa shape index (κ1) is 23.9. The maximum absolute atomic E-state index is 13.6. The predicted octanol–water partition coefficient (Wildman–Crippen LogP) is 2.63. The largest absolute Gasteiger partial charge is 0.493 e. The SMILES string of the molecule is CCOC(=O)C1=C(c2ccccc2)Nc2c(c(=O)n(C)c(=O)n2C)C1c1cccc(OC)c1OC. The van der Waals surface area contributed by atoms with Gasteiger partial charge in [-0.2, -0.15) is 0 Å². The van der Waals surface area contributed by atoms with E-state index in [1.165, 1.54) is 25.8 Å². The maximum Gasteiger partial charge on any atom is 0.337 e. The molecule has 0 spiro atoms. The fourth-order valence-corrected chi connectivity index (χ4v) is 4.47. The standard InChI is InChI=1S/C26H27N3O6/c1-6-35-25(31)19-18(16-13-10-14-17(33-4)22(16)34-5)20-23(28(2)26(32)29(3)24(20)30)27-21(19)15-11-8-7-9-12-15/h7-14,18,27H,6H2,1-5H3. The van der Waals surface area contributed by atoms with Crippen molar-refractivity contribution in [1.29, 1.82) is 0 Å². The Labute approximate surface area is 202 Å². The highest BCUT2D eigenvalue weighted by Gasteiger charge is 2.40. The van der Waals surface area contributed by atoms with Gasteiger partial charge < -0.3 is 19.5 Å². The van der Waals surface area contributed by atoms with Gasteiger partial charge >= 0.3 is 11.7 Å². The van der Waals surface area contributed by atoms with Crippen LogP contribution in [0, 0.1) is 0 Å². The van der Waals surface area contributed by atoms with E-state index in [9.17, 15) is 14.4 Å². The molecule has 2 heterocycles. The number of benzene rings is 2. The number of esters is 1. The summed E-state index contributed by atoms with van der Waals surface area (Å²) in [6, 6.07) is 14.5. The Morgan fingerprint density at radius 1 is 0.971 bits per heavy atom. The van der Waals surface area contributed by atoms with Gasteiger partial charge in [-0.1, -0.05) is 42.5 Å². The summed E-state index contributed by atoms with van der Waals surface area (Å²) in [5.74, 6) is -0.389. The molecule has 4 rings (SSSR count). The fraction of sp³-hybridized carbons (Fsp3) is 0.269. The van der Waals surface area contributed by atoms with E-state index in [1.807, 2.05) is 30.3 Å². The second kappa shape index (κ2) is 9.54. The van der Waals surface area contributed by atoms with Crippen molar-refractivity contribution in [1.82, 2.24) is 9.13 Å². The summed E-state index contributed by atoms with van der Waals surface area (Å²) in [4.78, 5) is 39.9. The smallest absolute Gasteiger partial charge is 0.337 e. The van der Waals surface area contributed by atoms with Gasteiger partial charge in [0.15, 0.2) is 11.5 Å². The van der Waals surface area contributed by atoms with Gasteiger partial charge in [0.2, 0.25) is 0 Å². The van der Waals surface area contributed by atoms with Gasteiger partial charge in [0.1, 0.15) is 5.82 Å². The van der Waals surface area contributed by atoms with Crippen molar-refractivity contribution < 1.29 is 19.0 Å². The van der Waals surface area contributed by atoms with Crippen LogP contribution < -0.4 is 26.0 Å². The van der Waals surface area contributed by atoms with E-state index in [2.05, 4.69) is 5.32 Å². The Hall–Kier alpha value is -4.27. The monoisotopic (exact) mass is 477 g/mol. The van der Waals surface area contributed by atoms with Crippen LogP contribution in [0.15, 0.2) is 63.7 Å². The minimum atomic E-state index is -0.906. The van der Waals surface area contributed by atoms with Gasteiger partial charge in [-0.05, 0) is 18.6 Å². The van der Waals surface area contributed by atoms with E-state index in [0.717, 1.165) is 4.57 Å². The third-order valence-electron chi connectivity index (χ3n) is 6.09. The summed E-state index contributed by atoms with van der Waals surface area (Å²) in [5, 5.41) is 3.20. The zero-order valence-corrected chi connectivity index (χ0v) is 20.2. The number of nitrogens with one attached hydrogen (secondary N) is 1. The molecule has 0 aliphatic carbocycles. The third kappa shape index (κ3) is 3.88. The molecule has 35 heavy (non-hydrogen) atoms. The van der Waals surface area contributed by atoms with Gasteiger partial charge in [0.05, 0.1) is 43.6 Å². The number of hydrogen-bond acceptors (Lipinski definition) is 7. The lowest BCUT2D eigenvalue weighted by Crippen LogP contribution is -2.43. The minimum absolute atomic E-state index is 0.143. The second-order valence-electron chi connectivity index (χ2n) is 7.98. The Kier molecular flexibility index (Phi) is 6.50. The van der Waals surface area contributed by atoms with E-state index >= 15 is 0 Å². The number of rotatable bonds is 6. The van der Waals surface area contributed by atoms with Crippen molar-refractivity contribution >= 4 is 17.5 Å². The summed E-state index contributed by atoms with van der Waals surface area (Å²) in [5.41, 5.74) is 1.10. The van der Waals surface area contributed by atoms with E-state index in [0.29, 0.717) is 34.1 Å². The van der Waals surface area contributed by atoms with Crippen LogP contribution in [0.25, 0.3) is 5.70 Å². The van der Waals surface area contributed by atoms with E-state index in [4.69, 9.17) is 14.2 Å². The first-order valence-electron chi connectivity index (χ1n) is 11.1. The van der Waals surface area contributed by atoms with Crippen molar-refractivity contribution in [3.05, 3.63) is 91.6 Å². The van der Waals surface area contributed by atoms with Crippen LogP contribution in [0.2, 0.25) is 0 Å². The van der Waals surface area contributed by atoms with Crippen molar-refractivity contribution in [2.45, 2.75) is 12.8 Å². The number of anilines is 1. The molecule has 0 radical (unpaired) electrons. The van der Waals surface area contributed by atoms with Crippen LogP contribution >= 0.6 is 0 Å². The molecule has 182 valence electrons. The van der Waals surface area contributed by atoms with Crippen LogP contribution in [0.4, 0.5) is 5.82 Å². The number of methoxy groups -OCH3 is 2. The predicted molar refractivity (Wildman–Crippen MR) is 132 cm³/mol. The van der Waals surface area contributed by atoms with Crippen molar-refractivity contribution in [2.24, 2.45) is 14.1 Å². The lowest BCUT2D eigenvalue weighted by atomic mass is 9.80. The second-order valence-corrected chi connectivity index (χ2v) is 7.98. The molecule has 0 bridgehead atoms. The molecular weight excluding hydrogens is 450 g/mol. The number of hydrogen-bond donors (Lipinski definition) is 1. The maximum atomic E-state index is 13.6. The third-order valence-corrected chi connectivity index (χ3v) is 6.09. The number of aromatic nitrogens is 2. The van der Waals surface area contributed by atoms with Crippen molar-refractivity contribution in [3.63, 3.8) is 0 Å². The molecule has 9 nitrogen and oxygen atoms in total. The average molecular weight is 478 g/mol. The molecule has 1 atom stereocenters. The molecule has 1 aromatic heterocycles. The molecule has 2 aromatic carbocycles. The Morgan fingerprint density at radius 2 is 1.69 bits per heavy atom. The number of nitrogens with zero attached hydrogens (tertiary/aromatic N) is 2. The summed E-state index contributed by atoms with van der Waals surface area (Å²) in [7, 11) is 5.99. The molecule has 0 saturated heterocycles. The zero-order chi connectivity index (χ0) is 25.3. The fourth-order valence-electron chi connectivity index (χ4n) is 4.47. The molecule has 3 aromatic rings. The molecule has 1 unspecified atom stereocenters. The van der Waals surface area contributed by atoms with Gasteiger partial charge in [0.25, 0.3) is 5.56 Å². The minimum Gasteiger partial charge on any atom is -0.493 e. The van der Waals surface area contributed by atoms with E-state index < -0.39 is 23.1 Å². The van der Waals surface area contributed by atoms with Crippen LogP contribution in [0.5, 0.6) is 11.5 Å². The Bertz CT molecular complexity index is 1440. The van der Waals surface area contributed by atoms with Crippen molar-refractivity contribution in [3.8, 4) is 11.5 Å². The van der Waals surface area contributed by atoms with E-state index in [1.54, 1.807) is 32.2 Å². The number of carbonyl (C=O) groups is 1. The topological polar surface area (TPSA) is 101 Å². The molecular formula is C26H27N3O6. The van der Waals surface area contributed by atoms with Gasteiger partial charge in [-0.25, -0.2) is 9.59 Å². The van der Waals surface area contributed by atoms with Gasteiger partial charge in [-0.3, -0.25) is 13.9 Å². The molecule has 1 aliphatic heterocycles. The highest BCUT2D eigenvalue weighted by Crippen LogP contribution is 2.47. The van der Waals surface area contributed by atoms with Gasteiger partial charge in [-0.15, -0.1) is 0 Å². The van der Waals surface area contributed by atoms with Crippen LogP contribution in [-0.4, -0.2) is 35.9 Å². The number of fused-ring (bicyclic) bond motifs is 1. The normalized spacial score (nSPS) is 14.7. The number of carbonyl (C=O) groups excluding carboxylic acids is 1. The molecule has 0 fully saturated rings. The molecule has 0 saturated carbocycles. The summed E-state index contributed by atoms with van der Waals surface area (Å²) in [6.45, 7) is 1.86. The summed E-state index contributed by atoms with van der Waals surface area (Å²) in [6.07, 6.45) is 0. The summed E-state index contributed by atoms with van der Waals surface area (Å²) < 4.78 is 19.0. The Balaban J connectivity index is 2.19. The quantitative estimate of drug-likeness (QED) is 0.545. The highest BCUT2D eigenvalue weighted by atomic mass is 16.5. The molecule has 1 aliphatic rings. The van der Waals surface area contributed by atoms with Crippen LogP contribution in [0.3, 0.4) is 0 Å². The zero-order valence-electron chi connectivity index (χ0n) is 20.2. The van der Waals surface area contributed by atoms with Crippen LogP contribution in [-0.2, 0) is 23.6 Å². The van der Waals surface area contributed by atoms with Gasteiger partial charge in [0, 0.05) is 19.7 Å². The van der Waals surface area contributed by atoms with E-state index in [-0.39, 0.29) is 17.7 Å². The van der Waals surface area contributed by atoms with Crippen LogP contribution in [0.1, 0.15) is 29.5 Å². The lowest BCUT2D eigenvalue weighted by molar-refractivity contribution is -0.138. The average Bonchev–Trinajstić information content (AvgIpc) is 2.89.